The highest BCUT2D eigenvalue weighted by molar-refractivity contribution is 6.31. The van der Waals surface area contributed by atoms with Gasteiger partial charge in [-0.05, 0) is 36.8 Å². The molecule has 0 aliphatic rings. The number of nitrogens with one attached hydrogen (secondary N) is 1. The van der Waals surface area contributed by atoms with Gasteiger partial charge in [0.05, 0.1) is 6.04 Å². The lowest BCUT2D eigenvalue weighted by atomic mass is 10.1. The molecule has 0 fully saturated rings. The van der Waals surface area contributed by atoms with Crippen LogP contribution in [-0.2, 0) is 0 Å². The van der Waals surface area contributed by atoms with Crippen LogP contribution in [0.5, 0.6) is 0 Å². The minimum absolute atomic E-state index is 0.166. The van der Waals surface area contributed by atoms with Gasteiger partial charge >= 0.3 is 0 Å². The normalized spacial score (nSPS) is 11.9. The van der Waals surface area contributed by atoms with Crippen LogP contribution in [0, 0.1) is 0 Å². The van der Waals surface area contributed by atoms with Crippen molar-refractivity contribution in [2.75, 3.05) is 0 Å². The molecule has 1 N–H and O–H groups in total. The molecule has 1 unspecified atom stereocenters. The van der Waals surface area contributed by atoms with Gasteiger partial charge in [-0.1, -0.05) is 47.5 Å². The molecule has 1 atom stereocenters. The van der Waals surface area contributed by atoms with Crippen molar-refractivity contribution in [3.63, 3.8) is 0 Å². The van der Waals surface area contributed by atoms with Gasteiger partial charge in [0.2, 0.25) is 0 Å². The van der Waals surface area contributed by atoms with Gasteiger partial charge in [-0.15, -0.1) is 0 Å². The number of carbonyl (C=O) groups excluding carboxylic acids is 1. The van der Waals surface area contributed by atoms with Crippen molar-refractivity contribution in [3.8, 4) is 0 Å². The van der Waals surface area contributed by atoms with Crippen molar-refractivity contribution >= 4 is 29.1 Å². The van der Waals surface area contributed by atoms with Gasteiger partial charge in [0.1, 0.15) is 0 Å². The summed E-state index contributed by atoms with van der Waals surface area (Å²) in [6.07, 6.45) is 0. The Balaban J connectivity index is 2.13. The van der Waals surface area contributed by atoms with Crippen LogP contribution >= 0.6 is 23.2 Å². The van der Waals surface area contributed by atoms with E-state index in [1.807, 2.05) is 25.1 Å². The summed E-state index contributed by atoms with van der Waals surface area (Å²) in [6, 6.07) is 14.1. The molecular formula is C15H13Cl2NO. The Morgan fingerprint density at radius 2 is 1.84 bits per heavy atom. The molecule has 2 rings (SSSR count). The Morgan fingerprint density at radius 3 is 2.53 bits per heavy atom. The maximum Gasteiger partial charge on any atom is 0.251 e. The van der Waals surface area contributed by atoms with Crippen molar-refractivity contribution < 1.29 is 4.79 Å². The predicted molar refractivity (Wildman–Crippen MR) is 78.8 cm³/mol. The number of amides is 1. The molecule has 0 saturated carbocycles. The number of carbonyl (C=O) groups is 1. The van der Waals surface area contributed by atoms with Gasteiger partial charge in [-0.25, -0.2) is 0 Å². The number of hydrogen-bond acceptors (Lipinski definition) is 1. The van der Waals surface area contributed by atoms with Crippen LogP contribution < -0.4 is 5.32 Å². The molecule has 98 valence electrons. The molecule has 0 bridgehead atoms. The fourth-order valence-electron chi connectivity index (χ4n) is 1.81. The van der Waals surface area contributed by atoms with Gasteiger partial charge in [-0.3, -0.25) is 4.79 Å². The second kappa shape index (κ2) is 6.09. The van der Waals surface area contributed by atoms with Crippen molar-refractivity contribution in [2.24, 2.45) is 0 Å². The summed E-state index contributed by atoms with van der Waals surface area (Å²) in [7, 11) is 0. The van der Waals surface area contributed by atoms with Gasteiger partial charge in [-0.2, -0.15) is 0 Å². The van der Waals surface area contributed by atoms with Crippen LogP contribution in [0.2, 0.25) is 10.0 Å². The average molecular weight is 294 g/mol. The zero-order valence-electron chi connectivity index (χ0n) is 10.4. The lowest BCUT2D eigenvalue weighted by Crippen LogP contribution is -2.26. The minimum atomic E-state index is -0.171. The Morgan fingerprint density at radius 1 is 1.11 bits per heavy atom. The summed E-state index contributed by atoms with van der Waals surface area (Å²) in [5.74, 6) is -0.171. The molecule has 4 heteroatoms. The summed E-state index contributed by atoms with van der Waals surface area (Å²) in [5.41, 5.74) is 1.42. The van der Waals surface area contributed by atoms with E-state index in [2.05, 4.69) is 5.32 Å². The number of benzene rings is 2. The molecule has 0 heterocycles. The molecule has 19 heavy (non-hydrogen) atoms. The van der Waals surface area contributed by atoms with E-state index >= 15 is 0 Å². The second-order valence-electron chi connectivity index (χ2n) is 4.23. The van der Waals surface area contributed by atoms with Crippen molar-refractivity contribution in [2.45, 2.75) is 13.0 Å². The average Bonchev–Trinajstić information content (AvgIpc) is 2.39. The first-order chi connectivity index (χ1) is 9.08. The van der Waals surface area contributed by atoms with Gasteiger partial charge < -0.3 is 5.32 Å². The van der Waals surface area contributed by atoms with Crippen LogP contribution in [0.4, 0.5) is 0 Å². The van der Waals surface area contributed by atoms with E-state index in [1.54, 1.807) is 30.3 Å². The van der Waals surface area contributed by atoms with E-state index in [4.69, 9.17) is 23.2 Å². The Hall–Kier alpha value is -1.51. The molecule has 0 aliphatic heterocycles. The zero-order chi connectivity index (χ0) is 13.8. The Kier molecular flexibility index (Phi) is 4.46. The van der Waals surface area contributed by atoms with E-state index in [-0.39, 0.29) is 11.9 Å². The van der Waals surface area contributed by atoms with Crippen molar-refractivity contribution in [1.82, 2.24) is 5.32 Å². The topological polar surface area (TPSA) is 29.1 Å². The zero-order valence-corrected chi connectivity index (χ0v) is 11.9. The lowest BCUT2D eigenvalue weighted by molar-refractivity contribution is 0.0940. The Labute approximate surface area is 122 Å². The monoisotopic (exact) mass is 293 g/mol. The highest BCUT2D eigenvalue weighted by Crippen LogP contribution is 2.22. The van der Waals surface area contributed by atoms with E-state index in [0.717, 1.165) is 5.56 Å². The van der Waals surface area contributed by atoms with E-state index < -0.39 is 0 Å². The fourth-order valence-corrected chi connectivity index (χ4v) is 2.30. The molecule has 2 aromatic carbocycles. The highest BCUT2D eigenvalue weighted by atomic mass is 35.5. The van der Waals surface area contributed by atoms with Crippen LogP contribution in [-0.4, -0.2) is 5.91 Å². The van der Waals surface area contributed by atoms with Crippen molar-refractivity contribution in [1.29, 1.82) is 0 Å². The maximum absolute atomic E-state index is 12.1. The molecular weight excluding hydrogens is 281 g/mol. The molecule has 0 aromatic heterocycles. The predicted octanol–water partition coefficient (Wildman–Crippen LogP) is 4.48. The molecule has 0 spiro atoms. The van der Waals surface area contributed by atoms with Crippen LogP contribution in [0.15, 0.2) is 48.5 Å². The first-order valence-electron chi connectivity index (χ1n) is 5.89. The third-order valence-corrected chi connectivity index (χ3v) is 3.39. The third kappa shape index (κ3) is 3.49. The van der Waals surface area contributed by atoms with Gasteiger partial charge in [0.25, 0.3) is 5.91 Å². The first-order valence-corrected chi connectivity index (χ1v) is 6.64. The van der Waals surface area contributed by atoms with E-state index in [9.17, 15) is 4.79 Å². The first kappa shape index (κ1) is 13.9. The van der Waals surface area contributed by atoms with E-state index in [0.29, 0.717) is 15.6 Å². The molecule has 1 amide bonds. The maximum atomic E-state index is 12.1. The summed E-state index contributed by atoms with van der Waals surface area (Å²) in [4.78, 5) is 12.1. The Bertz CT molecular complexity index is 598. The number of halogens is 2. The third-order valence-electron chi connectivity index (χ3n) is 2.81. The lowest BCUT2D eigenvalue weighted by Gasteiger charge is -2.15. The van der Waals surface area contributed by atoms with Crippen molar-refractivity contribution in [3.05, 3.63) is 69.7 Å². The summed E-state index contributed by atoms with van der Waals surface area (Å²) < 4.78 is 0. The molecule has 2 nitrogen and oxygen atoms in total. The molecule has 0 saturated heterocycles. The number of hydrogen-bond donors (Lipinski definition) is 1. The van der Waals surface area contributed by atoms with Gasteiger partial charge in [0, 0.05) is 15.6 Å². The molecule has 0 radical (unpaired) electrons. The fraction of sp³-hybridized carbons (Fsp3) is 0.133. The van der Waals surface area contributed by atoms with Gasteiger partial charge in [0.15, 0.2) is 0 Å². The summed E-state index contributed by atoms with van der Waals surface area (Å²) >= 11 is 12.0. The largest absolute Gasteiger partial charge is 0.345 e. The number of rotatable bonds is 3. The summed E-state index contributed by atoms with van der Waals surface area (Å²) in [5, 5.41) is 4.08. The van der Waals surface area contributed by atoms with Crippen LogP contribution in [0.3, 0.4) is 0 Å². The SMILES string of the molecule is CC(NC(=O)c1cccc(Cl)c1)c1ccccc1Cl. The van der Waals surface area contributed by atoms with Crippen LogP contribution in [0.25, 0.3) is 0 Å². The van der Waals surface area contributed by atoms with Crippen LogP contribution in [0.1, 0.15) is 28.9 Å². The minimum Gasteiger partial charge on any atom is -0.345 e. The summed E-state index contributed by atoms with van der Waals surface area (Å²) in [6.45, 7) is 1.89. The standard InChI is InChI=1S/C15H13Cl2NO/c1-10(13-7-2-3-8-14(13)17)18-15(19)11-5-4-6-12(16)9-11/h2-10H,1H3,(H,18,19). The second-order valence-corrected chi connectivity index (χ2v) is 5.07. The van der Waals surface area contributed by atoms with E-state index in [1.165, 1.54) is 0 Å². The molecule has 2 aromatic rings. The smallest absolute Gasteiger partial charge is 0.251 e. The quantitative estimate of drug-likeness (QED) is 0.888. The highest BCUT2D eigenvalue weighted by Gasteiger charge is 2.13. The molecule has 0 aliphatic carbocycles.